The van der Waals surface area contributed by atoms with E-state index in [4.69, 9.17) is 10.8 Å². The van der Waals surface area contributed by atoms with Gasteiger partial charge in [0, 0.05) is 0 Å². The van der Waals surface area contributed by atoms with Crippen LogP contribution in [0.2, 0.25) is 0 Å². The molecule has 108 valence electrons. The predicted molar refractivity (Wildman–Crippen MR) is 75.6 cm³/mol. The lowest BCUT2D eigenvalue weighted by Gasteiger charge is -2.19. The highest BCUT2D eigenvalue weighted by atomic mass is 16.4. The smallest absolute Gasteiger partial charge is 0.320 e. The van der Waals surface area contributed by atoms with E-state index in [0.717, 1.165) is 25.8 Å². The minimum Gasteiger partial charge on any atom is -0.480 e. The fourth-order valence-corrected chi connectivity index (χ4v) is 2.06. The number of hydrogen-bond donors (Lipinski definition) is 3. The van der Waals surface area contributed by atoms with E-state index in [0.29, 0.717) is 18.9 Å². The van der Waals surface area contributed by atoms with E-state index in [2.05, 4.69) is 19.2 Å². The number of aliphatic carboxylic acids is 1. The van der Waals surface area contributed by atoms with Crippen LogP contribution in [0.1, 0.15) is 58.8 Å². The van der Waals surface area contributed by atoms with E-state index < -0.39 is 12.0 Å². The average Bonchev–Trinajstić information content (AvgIpc) is 2.36. The highest BCUT2D eigenvalue weighted by Gasteiger charge is 2.17. The van der Waals surface area contributed by atoms with E-state index in [1.165, 1.54) is 19.3 Å². The van der Waals surface area contributed by atoms with Crippen molar-refractivity contribution < 1.29 is 9.90 Å². The van der Waals surface area contributed by atoms with E-state index in [9.17, 15) is 4.79 Å². The number of nitrogens with two attached hydrogens (primary N) is 1. The molecule has 4 heteroatoms. The summed E-state index contributed by atoms with van der Waals surface area (Å²) < 4.78 is 0. The van der Waals surface area contributed by atoms with Gasteiger partial charge in [0.15, 0.2) is 0 Å². The summed E-state index contributed by atoms with van der Waals surface area (Å²) in [6.07, 6.45) is 7.19. The standard InChI is InChI=1S/C14H30N2O2/c1-3-5-8-12(4-2)11-16-13(14(17)18)9-6-7-10-15/h12-13,16H,3-11,15H2,1-2H3,(H,17,18). The summed E-state index contributed by atoms with van der Waals surface area (Å²) in [5.41, 5.74) is 5.42. The second-order valence-electron chi connectivity index (χ2n) is 5.00. The maximum absolute atomic E-state index is 11.1. The second-order valence-corrected chi connectivity index (χ2v) is 5.00. The third-order valence-electron chi connectivity index (χ3n) is 3.44. The van der Waals surface area contributed by atoms with Gasteiger partial charge in [-0.3, -0.25) is 4.79 Å². The van der Waals surface area contributed by atoms with Crippen LogP contribution in [0.3, 0.4) is 0 Å². The highest BCUT2D eigenvalue weighted by molar-refractivity contribution is 5.73. The van der Waals surface area contributed by atoms with Crippen molar-refractivity contribution in [1.29, 1.82) is 0 Å². The molecule has 0 aromatic carbocycles. The molecule has 0 aromatic rings. The van der Waals surface area contributed by atoms with Crippen molar-refractivity contribution in [3.8, 4) is 0 Å². The van der Waals surface area contributed by atoms with Crippen LogP contribution in [0.5, 0.6) is 0 Å². The van der Waals surface area contributed by atoms with Crippen LogP contribution < -0.4 is 11.1 Å². The molecule has 4 N–H and O–H groups in total. The van der Waals surface area contributed by atoms with Crippen LogP contribution >= 0.6 is 0 Å². The Morgan fingerprint density at radius 3 is 2.44 bits per heavy atom. The summed E-state index contributed by atoms with van der Waals surface area (Å²) in [6, 6.07) is -0.410. The molecule has 0 aliphatic rings. The first-order valence-electron chi connectivity index (χ1n) is 7.31. The fourth-order valence-electron chi connectivity index (χ4n) is 2.06. The molecule has 2 unspecified atom stereocenters. The zero-order valence-electron chi connectivity index (χ0n) is 12.0. The summed E-state index contributed by atoms with van der Waals surface area (Å²) in [5.74, 6) is -0.140. The van der Waals surface area contributed by atoms with E-state index in [1.807, 2.05) is 0 Å². The fraction of sp³-hybridized carbons (Fsp3) is 0.929. The van der Waals surface area contributed by atoms with Crippen LogP contribution in [0.4, 0.5) is 0 Å². The molecule has 0 aliphatic heterocycles. The van der Waals surface area contributed by atoms with E-state index in [-0.39, 0.29) is 0 Å². The van der Waals surface area contributed by atoms with Gasteiger partial charge in [-0.2, -0.15) is 0 Å². The quantitative estimate of drug-likeness (QED) is 0.470. The highest BCUT2D eigenvalue weighted by Crippen LogP contribution is 2.12. The Balaban J connectivity index is 3.95. The van der Waals surface area contributed by atoms with E-state index in [1.54, 1.807) is 0 Å². The summed E-state index contributed by atoms with van der Waals surface area (Å²) in [6.45, 7) is 5.82. The van der Waals surface area contributed by atoms with Crippen molar-refractivity contribution in [2.75, 3.05) is 13.1 Å². The SMILES string of the molecule is CCCCC(CC)CNC(CCCCN)C(=O)O. The first-order valence-corrected chi connectivity index (χ1v) is 7.31. The van der Waals surface area contributed by atoms with Gasteiger partial charge in [-0.15, -0.1) is 0 Å². The number of carboxylic acid groups (broad SMARTS) is 1. The number of carboxylic acids is 1. The Kier molecular flexibility index (Phi) is 11.1. The number of nitrogens with one attached hydrogen (secondary N) is 1. The summed E-state index contributed by atoms with van der Waals surface area (Å²) >= 11 is 0. The largest absolute Gasteiger partial charge is 0.480 e. The topological polar surface area (TPSA) is 75.3 Å². The molecule has 0 bridgehead atoms. The molecule has 0 saturated heterocycles. The maximum atomic E-state index is 11.1. The van der Waals surface area contributed by atoms with Gasteiger partial charge in [-0.05, 0) is 38.3 Å². The zero-order chi connectivity index (χ0) is 13.8. The van der Waals surface area contributed by atoms with Gasteiger partial charge in [-0.1, -0.05) is 39.5 Å². The van der Waals surface area contributed by atoms with Gasteiger partial charge in [0.25, 0.3) is 0 Å². The molecule has 4 nitrogen and oxygen atoms in total. The molecule has 0 fully saturated rings. The third kappa shape index (κ3) is 8.48. The first kappa shape index (κ1) is 17.4. The van der Waals surface area contributed by atoms with Gasteiger partial charge < -0.3 is 16.2 Å². The van der Waals surface area contributed by atoms with Crippen LogP contribution in [0.25, 0.3) is 0 Å². The molecule has 0 saturated carbocycles. The third-order valence-corrected chi connectivity index (χ3v) is 3.44. The van der Waals surface area contributed by atoms with Crippen molar-refractivity contribution in [3.63, 3.8) is 0 Å². The second kappa shape index (κ2) is 11.5. The van der Waals surface area contributed by atoms with Gasteiger partial charge in [0.05, 0.1) is 0 Å². The Morgan fingerprint density at radius 2 is 1.94 bits per heavy atom. The molecule has 18 heavy (non-hydrogen) atoms. The van der Waals surface area contributed by atoms with Gasteiger partial charge in [-0.25, -0.2) is 0 Å². The normalized spacial score (nSPS) is 14.4. The lowest BCUT2D eigenvalue weighted by molar-refractivity contribution is -0.139. The minimum atomic E-state index is -0.739. The molecule has 2 atom stereocenters. The minimum absolute atomic E-state index is 0.410. The molecule has 0 spiro atoms. The number of hydrogen-bond acceptors (Lipinski definition) is 3. The molecule has 0 radical (unpaired) electrons. The molecule has 0 amide bonds. The number of rotatable bonds is 12. The van der Waals surface area contributed by atoms with Crippen LogP contribution in [-0.2, 0) is 4.79 Å². The van der Waals surface area contributed by atoms with Crippen LogP contribution in [-0.4, -0.2) is 30.2 Å². The van der Waals surface area contributed by atoms with Gasteiger partial charge in [0.2, 0.25) is 0 Å². The Morgan fingerprint density at radius 1 is 1.22 bits per heavy atom. The Labute approximate surface area is 111 Å². The van der Waals surface area contributed by atoms with Crippen LogP contribution in [0.15, 0.2) is 0 Å². The Hall–Kier alpha value is -0.610. The molecule has 0 aliphatic carbocycles. The van der Waals surface area contributed by atoms with Crippen molar-refractivity contribution in [2.24, 2.45) is 11.7 Å². The summed E-state index contributed by atoms with van der Waals surface area (Å²) in [7, 11) is 0. The Bertz CT molecular complexity index is 210. The van der Waals surface area contributed by atoms with Gasteiger partial charge >= 0.3 is 5.97 Å². The van der Waals surface area contributed by atoms with Crippen molar-refractivity contribution in [3.05, 3.63) is 0 Å². The van der Waals surface area contributed by atoms with Gasteiger partial charge in [0.1, 0.15) is 6.04 Å². The lowest BCUT2D eigenvalue weighted by Crippen LogP contribution is -2.39. The first-order chi connectivity index (χ1) is 8.65. The number of carbonyl (C=O) groups is 1. The monoisotopic (exact) mass is 258 g/mol. The maximum Gasteiger partial charge on any atom is 0.320 e. The molecular formula is C14H30N2O2. The predicted octanol–water partition coefficient (Wildman–Crippen LogP) is 2.37. The van der Waals surface area contributed by atoms with Crippen molar-refractivity contribution in [1.82, 2.24) is 5.32 Å². The zero-order valence-corrected chi connectivity index (χ0v) is 12.0. The molecule has 0 rings (SSSR count). The molecular weight excluding hydrogens is 228 g/mol. The van der Waals surface area contributed by atoms with Crippen molar-refractivity contribution in [2.45, 2.75) is 64.8 Å². The van der Waals surface area contributed by atoms with Crippen molar-refractivity contribution >= 4 is 5.97 Å². The molecule has 0 aromatic heterocycles. The lowest BCUT2D eigenvalue weighted by atomic mass is 9.98. The van der Waals surface area contributed by atoms with E-state index >= 15 is 0 Å². The average molecular weight is 258 g/mol. The summed E-state index contributed by atoms with van der Waals surface area (Å²) in [5, 5.41) is 12.3. The summed E-state index contributed by atoms with van der Waals surface area (Å²) in [4.78, 5) is 11.1. The number of unbranched alkanes of at least 4 members (excludes halogenated alkanes) is 2. The molecule has 0 heterocycles. The van der Waals surface area contributed by atoms with Crippen LogP contribution in [0, 0.1) is 5.92 Å².